The lowest BCUT2D eigenvalue weighted by Gasteiger charge is -2.43. The van der Waals surface area contributed by atoms with Gasteiger partial charge in [0.05, 0.1) is 0 Å². The largest absolute Gasteiger partial charge is 0.315 e. The average Bonchev–Trinajstić information content (AvgIpc) is 2.34. The van der Waals surface area contributed by atoms with Crippen LogP contribution in [-0.4, -0.2) is 18.3 Å². The molecule has 0 aromatic heterocycles. The van der Waals surface area contributed by atoms with E-state index >= 15 is 0 Å². The summed E-state index contributed by atoms with van der Waals surface area (Å²) in [6.07, 6.45) is 4.07. The maximum atomic E-state index is 3.58. The lowest BCUT2D eigenvalue weighted by Crippen LogP contribution is -2.50. The minimum Gasteiger partial charge on any atom is -0.315 e. The van der Waals surface area contributed by atoms with Crippen molar-refractivity contribution in [1.82, 2.24) is 5.32 Å². The summed E-state index contributed by atoms with van der Waals surface area (Å²) in [5.41, 5.74) is 4.67. The molecule has 20 heavy (non-hydrogen) atoms. The second-order valence-electron chi connectivity index (χ2n) is 6.99. The Morgan fingerprint density at radius 2 is 1.85 bits per heavy atom. The zero-order valence-electron chi connectivity index (χ0n) is 13.6. The Morgan fingerprint density at radius 3 is 2.45 bits per heavy atom. The second kappa shape index (κ2) is 6.53. The van der Waals surface area contributed by atoms with Crippen LogP contribution in [0.5, 0.6) is 0 Å². The molecule has 1 N–H and O–H groups in total. The molecule has 2 atom stereocenters. The van der Waals surface area contributed by atoms with E-state index in [0.29, 0.717) is 11.5 Å². The highest BCUT2D eigenvalue weighted by atomic mass is 32.2. The quantitative estimate of drug-likeness (QED) is 0.862. The topological polar surface area (TPSA) is 12.0 Å². The number of nitrogens with one attached hydrogen (secondary N) is 1. The lowest BCUT2D eigenvalue weighted by molar-refractivity contribution is 0.182. The van der Waals surface area contributed by atoms with Gasteiger partial charge in [0.2, 0.25) is 0 Å². The van der Waals surface area contributed by atoms with Crippen molar-refractivity contribution in [3.05, 3.63) is 34.9 Å². The van der Waals surface area contributed by atoms with Gasteiger partial charge in [0, 0.05) is 17.0 Å². The van der Waals surface area contributed by atoms with Crippen LogP contribution in [0.4, 0.5) is 0 Å². The minimum atomic E-state index is 0.424. The molecule has 1 nitrogen and oxygen atoms in total. The van der Waals surface area contributed by atoms with Crippen molar-refractivity contribution in [3.63, 3.8) is 0 Å². The number of aryl methyl sites for hydroxylation is 2. The maximum Gasteiger partial charge on any atom is 0.0234 e. The third-order valence-electron chi connectivity index (χ3n) is 4.58. The van der Waals surface area contributed by atoms with Gasteiger partial charge in [0.1, 0.15) is 0 Å². The molecule has 0 spiro atoms. The molecule has 1 aromatic carbocycles. The molecular weight excluding hydrogens is 262 g/mol. The van der Waals surface area contributed by atoms with Gasteiger partial charge in [-0.1, -0.05) is 49.6 Å². The van der Waals surface area contributed by atoms with Crippen molar-refractivity contribution in [2.75, 3.05) is 7.05 Å². The van der Waals surface area contributed by atoms with Gasteiger partial charge in [-0.3, -0.25) is 0 Å². The molecule has 0 radical (unpaired) electrons. The number of hydrogen-bond donors (Lipinski definition) is 1. The summed E-state index contributed by atoms with van der Waals surface area (Å²) in [5.74, 6) is 1.14. The number of thioether (sulfide) groups is 1. The van der Waals surface area contributed by atoms with Crippen LogP contribution in [0, 0.1) is 19.3 Å². The van der Waals surface area contributed by atoms with Crippen LogP contribution in [-0.2, 0) is 5.75 Å². The Kier molecular flexibility index (Phi) is 5.19. The molecule has 112 valence electrons. The van der Waals surface area contributed by atoms with E-state index in [-0.39, 0.29) is 0 Å². The van der Waals surface area contributed by atoms with E-state index in [9.17, 15) is 0 Å². The van der Waals surface area contributed by atoms with Crippen LogP contribution >= 0.6 is 11.8 Å². The predicted octanol–water partition coefficient (Wildman–Crippen LogP) is 4.70. The van der Waals surface area contributed by atoms with Gasteiger partial charge >= 0.3 is 0 Å². The standard InChI is InChI=1S/C18H29NS/c1-13-9-14(2)11-15(10-13)12-20-16-7-6-8-18(3,4)17(16)19-5/h9-11,16-17,19H,6-8,12H2,1-5H3. The molecule has 0 aliphatic heterocycles. The van der Waals surface area contributed by atoms with Gasteiger partial charge in [-0.2, -0.15) is 11.8 Å². The summed E-state index contributed by atoms with van der Waals surface area (Å²) in [7, 11) is 2.13. The van der Waals surface area contributed by atoms with Crippen molar-refractivity contribution < 1.29 is 0 Å². The molecule has 1 fully saturated rings. The first-order valence-corrected chi connectivity index (χ1v) is 8.83. The molecule has 1 aliphatic rings. The molecule has 0 heterocycles. The van der Waals surface area contributed by atoms with Crippen LogP contribution < -0.4 is 5.32 Å². The summed E-state index contributed by atoms with van der Waals surface area (Å²) in [5, 5.41) is 4.32. The zero-order valence-corrected chi connectivity index (χ0v) is 14.4. The van der Waals surface area contributed by atoms with Crippen LogP contribution in [0.2, 0.25) is 0 Å². The zero-order chi connectivity index (χ0) is 14.8. The van der Waals surface area contributed by atoms with Crippen molar-refractivity contribution in [3.8, 4) is 0 Å². The van der Waals surface area contributed by atoms with Crippen LogP contribution in [0.25, 0.3) is 0 Å². The Balaban J connectivity index is 2.02. The predicted molar refractivity (Wildman–Crippen MR) is 91.5 cm³/mol. The Morgan fingerprint density at radius 1 is 1.20 bits per heavy atom. The third-order valence-corrected chi connectivity index (χ3v) is 6.02. The van der Waals surface area contributed by atoms with E-state index in [1.165, 1.54) is 36.0 Å². The number of hydrogen-bond acceptors (Lipinski definition) is 2. The molecule has 2 heteroatoms. The van der Waals surface area contributed by atoms with Crippen molar-refractivity contribution in [2.45, 2.75) is 64.0 Å². The molecule has 0 amide bonds. The van der Waals surface area contributed by atoms with E-state index in [2.05, 4.69) is 70.0 Å². The third kappa shape index (κ3) is 3.79. The van der Waals surface area contributed by atoms with Crippen molar-refractivity contribution in [1.29, 1.82) is 0 Å². The van der Waals surface area contributed by atoms with Crippen molar-refractivity contribution >= 4 is 11.8 Å². The van der Waals surface area contributed by atoms with E-state index in [0.717, 1.165) is 11.0 Å². The monoisotopic (exact) mass is 291 g/mol. The molecular formula is C18H29NS. The Bertz CT molecular complexity index is 432. The highest BCUT2D eigenvalue weighted by Gasteiger charge is 2.37. The van der Waals surface area contributed by atoms with Gasteiger partial charge in [-0.25, -0.2) is 0 Å². The van der Waals surface area contributed by atoms with E-state index in [4.69, 9.17) is 0 Å². The maximum absolute atomic E-state index is 3.58. The fourth-order valence-electron chi connectivity index (χ4n) is 3.70. The molecule has 0 saturated heterocycles. The Labute approximate surface area is 128 Å². The van der Waals surface area contributed by atoms with Crippen LogP contribution in [0.3, 0.4) is 0 Å². The fourth-order valence-corrected chi connectivity index (χ4v) is 5.30. The van der Waals surface area contributed by atoms with Gasteiger partial charge in [0.15, 0.2) is 0 Å². The molecule has 1 aromatic rings. The second-order valence-corrected chi connectivity index (χ2v) is 8.22. The first-order chi connectivity index (χ1) is 9.42. The van der Waals surface area contributed by atoms with Crippen LogP contribution in [0.1, 0.15) is 49.8 Å². The van der Waals surface area contributed by atoms with Gasteiger partial charge in [-0.15, -0.1) is 0 Å². The summed E-state index contributed by atoms with van der Waals surface area (Å²) >= 11 is 2.14. The summed E-state index contributed by atoms with van der Waals surface area (Å²) in [6.45, 7) is 9.22. The first kappa shape index (κ1) is 15.9. The summed E-state index contributed by atoms with van der Waals surface area (Å²) in [4.78, 5) is 0. The molecule has 2 rings (SSSR count). The van der Waals surface area contributed by atoms with E-state index < -0.39 is 0 Å². The Hall–Kier alpha value is -0.470. The number of rotatable bonds is 4. The van der Waals surface area contributed by atoms with Gasteiger partial charge in [0.25, 0.3) is 0 Å². The summed E-state index contributed by atoms with van der Waals surface area (Å²) in [6, 6.07) is 7.56. The average molecular weight is 292 g/mol. The van der Waals surface area contributed by atoms with E-state index in [1.54, 1.807) is 0 Å². The van der Waals surface area contributed by atoms with Crippen molar-refractivity contribution in [2.24, 2.45) is 5.41 Å². The van der Waals surface area contributed by atoms with Gasteiger partial charge in [-0.05, 0) is 44.7 Å². The number of benzene rings is 1. The van der Waals surface area contributed by atoms with E-state index in [1.807, 2.05) is 0 Å². The first-order valence-electron chi connectivity index (χ1n) is 7.78. The highest BCUT2D eigenvalue weighted by molar-refractivity contribution is 7.99. The van der Waals surface area contributed by atoms with Gasteiger partial charge < -0.3 is 5.32 Å². The normalized spacial score (nSPS) is 25.6. The molecule has 2 unspecified atom stereocenters. The SMILES string of the molecule is CNC1C(SCc2cc(C)cc(C)c2)CCCC1(C)C. The molecule has 1 aliphatic carbocycles. The highest BCUT2D eigenvalue weighted by Crippen LogP contribution is 2.41. The molecule has 1 saturated carbocycles. The summed E-state index contributed by atoms with van der Waals surface area (Å²) < 4.78 is 0. The molecule has 0 bridgehead atoms. The smallest absolute Gasteiger partial charge is 0.0234 e. The van der Waals surface area contributed by atoms with Crippen LogP contribution in [0.15, 0.2) is 18.2 Å². The minimum absolute atomic E-state index is 0.424. The lowest BCUT2D eigenvalue weighted by atomic mass is 9.73. The fraction of sp³-hybridized carbons (Fsp3) is 0.667.